The molecule has 1 amide bonds. The van der Waals surface area contributed by atoms with Gasteiger partial charge < -0.3 is 10.2 Å². The standard InChI is InChI=1S/C23H19ClF4N4O3S/c24-20-21(31-19-10-17(27)16(26)9-18(19)28)15(11-30-22(20)36(29,34)35)23(33)32-7-5-13(6-8-32)12-1-3-14(25)4-2-12/h1-4,9-11,13H,5-8H2,(H,30,31)(H2,29,34,35). The molecule has 4 rings (SSSR count). The number of primary sulfonamides is 1. The molecule has 3 aromatic rings. The Morgan fingerprint density at radius 2 is 1.64 bits per heavy atom. The van der Waals surface area contributed by atoms with Gasteiger partial charge in [-0.25, -0.2) is 36.1 Å². The number of piperidine rings is 1. The van der Waals surface area contributed by atoms with Gasteiger partial charge in [0, 0.05) is 31.4 Å². The van der Waals surface area contributed by atoms with Gasteiger partial charge in [-0.15, -0.1) is 0 Å². The van der Waals surface area contributed by atoms with Crippen molar-refractivity contribution in [2.75, 3.05) is 18.4 Å². The van der Waals surface area contributed by atoms with Gasteiger partial charge in [0.25, 0.3) is 15.9 Å². The van der Waals surface area contributed by atoms with E-state index in [1.165, 1.54) is 17.0 Å². The van der Waals surface area contributed by atoms with E-state index in [2.05, 4.69) is 10.3 Å². The van der Waals surface area contributed by atoms with E-state index in [1.807, 2.05) is 0 Å². The quantitative estimate of drug-likeness (QED) is 0.359. The van der Waals surface area contributed by atoms with Crippen LogP contribution in [0.25, 0.3) is 0 Å². The van der Waals surface area contributed by atoms with E-state index in [1.54, 1.807) is 12.1 Å². The van der Waals surface area contributed by atoms with Crippen molar-refractivity contribution in [2.24, 2.45) is 5.14 Å². The lowest BCUT2D eigenvalue weighted by Crippen LogP contribution is -2.38. The maximum atomic E-state index is 14.3. The molecule has 0 unspecified atom stereocenters. The summed E-state index contributed by atoms with van der Waals surface area (Å²) in [5.74, 6) is -4.90. The zero-order valence-electron chi connectivity index (χ0n) is 18.4. The van der Waals surface area contributed by atoms with Crippen molar-refractivity contribution in [3.63, 3.8) is 0 Å². The number of nitrogens with one attached hydrogen (secondary N) is 1. The predicted molar refractivity (Wildman–Crippen MR) is 124 cm³/mol. The third kappa shape index (κ3) is 5.30. The number of hydrogen-bond donors (Lipinski definition) is 2. The Kier molecular flexibility index (Phi) is 7.21. The van der Waals surface area contributed by atoms with Crippen LogP contribution in [0.2, 0.25) is 5.02 Å². The number of anilines is 2. The number of likely N-dealkylation sites (tertiary alicyclic amines) is 1. The van der Waals surface area contributed by atoms with Crippen LogP contribution in [0.5, 0.6) is 0 Å². The highest BCUT2D eigenvalue weighted by Crippen LogP contribution is 2.36. The molecule has 1 aromatic heterocycles. The lowest BCUT2D eigenvalue weighted by molar-refractivity contribution is 0.0713. The molecular formula is C23H19ClF4N4O3S. The fourth-order valence-electron chi connectivity index (χ4n) is 4.03. The summed E-state index contributed by atoms with van der Waals surface area (Å²) in [6.07, 6.45) is 2.04. The van der Waals surface area contributed by atoms with Crippen molar-refractivity contribution in [3.8, 4) is 0 Å². The molecule has 1 aliphatic rings. The maximum absolute atomic E-state index is 14.3. The van der Waals surface area contributed by atoms with Gasteiger partial charge in [-0.2, -0.15) is 0 Å². The summed E-state index contributed by atoms with van der Waals surface area (Å²) in [6, 6.07) is 6.89. The summed E-state index contributed by atoms with van der Waals surface area (Å²) in [5.41, 5.74) is -0.267. The zero-order valence-corrected chi connectivity index (χ0v) is 20.0. The number of carbonyl (C=O) groups excluding carboxylic acids is 1. The van der Waals surface area contributed by atoms with E-state index in [4.69, 9.17) is 16.7 Å². The number of sulfonamides is 1. The summed E-state index contributed by atoms with van der Waals surface area (Å²) in [6.45, 7) is 0.600. The smallest absolute Gasteiger partial charge is 0.257 e. The molecule has 0 bridgehead atoms. The van der Waals surface area contributed by atoms with Crippen LogP contribution < -0.4 is 10.5 Å². The van der Waals surface area contributed by atoms with E-state index in [0.717, 1.165) is 11.8 Å². The van der Waals surface area contributed by atoms with Crippen LogP contribution in [0.3, 0.4) is 0 Å². The van der Waals surface area contributed by atoms with Gasteiger partial charge in [0.1, 0.15) is 16.7 Å². The third-order valence-electron chi connectivity index (χ3n) is 5.88. The van der Waals surface area contributed by atoms with Gasteiger partial charge >= 0.3 is 0 Å². The van der Waals surface area contributed by atoms with Crippen molar-refractivity contribution in [2.45, 2.75) is 23.8 Å². The Morgan fingerprint density at radius 1 is 1.03 bits per heavy atom. The van der Waals surface area contributed by atoms with Gasteiger partial charge in [0.2, 0.25) is 0 Å². The van der Waals surface area contributed by atoms with E-state index in [0.29, 0.717) is 32.0 Å². The monoisotopic (exact) mass is 542 g/mol. The van der Waals surface area contributed by atoms with Gasteiger partial charge in [-0.1, -0.05) is 23.7 Å². The van der Waals surface area contributed by atoms with Crippen LogP contribution in [-0.2, 0) is 10.0 Å². The number of carbonyl (C=O) groups is 1. The van der Waals surface area contributed by atoms with Crippen molar-refractivity contribution in [1.29, 1.82) is 0 Å². The van der Waals surface area contributed by atoms with Crippen LogP contribution in [0, 0.1) is 23.3 Å². The number of amides is 1. The van der Waals surface area contributed by atoms with Crippen molar-refractivity contribution in [3.05, 3.63) is 82.0 Å². The Bertz CT molecular complexity index is 1430. The molecule has 2 aromatic carbocycles. The second-order valence-corrected chi connectivity index (χ2v) is 10.1. The number of aromatic nitrogens is 1. The lowest BCUT2D eigenvalue weighted by Gasteiger charge is -2.32. The van der Waals surface area contributed by atoms with Crippen LogP contribution in [-0.4, -0.2) is 37.3 Å². The number of nitrogens with two attached hydrogens (primary N) is 1. The Morgan fingerprint density at radius 3 is 2.25 bits per heavy atom. The molecule has 0 radical (unpaired) electrons. The second kappa shape index (κ2) is 10.0. The first-order valence-electron chi connectivity index (χ1n) is 10.6. The molecule has 1 fully saturated rings. The predicted octanol–water partition coefficient (Wildman–Crippen LogP) is 4.70. The summed E-state index contributed by atoms with van der Waals surface area (Å²) in [4.78, 5) is 18.5. The third-order valence-corrected chi connectivity index (χ3v) is 7.21. The van der Waals surface area contributed by atoms with E-state index < -0.39 is 49.1 Å². The van der Waals surface area contributed by atoms with E-state index in [9.17, 15) is 30.8 Å². The Balaban J connectivity index is 1.65. The molecule has 0 aliphatic carbocycles. The molecule has 190 valence electrons. The molecule has 1 saturated heterocycles. The molecule has 1 aliphatic heterocycles. The highest BCUT2D eigenvalue weighted by Gasteiger charge is 2.30. The average Bonchev–Trinajstić information content (AvgIpc) is 2.83. The molecule has 0 saturated carbocycles. The Labute approximate surface area is 208 Å². The summed E-state index contributed by atoms with van der Waals surface area (Å²) < 4.78 is 78.4. The molecule has 0 atom stereocenters. The topological polar surface area (TPSA) is 105 Å². The highest BCUT2D eigenvalue weighted by molar-refractivity contribution is 7.89. The molecule has 13 heteroatoms. The fourth-order valence-corrected chi connectivity index (χ4v) is 5.10. The van der Waals surface area contributed by atoms with Gasteiger partial charge in [0.05, 0.1) is 16.9 Å². The summed E-state index contributed by atoms with van der Waals surface area (Å²) in [5, 5.41) is 6.12. The summed E-state index contributed by atoms with van der Waals surface area (Å²) in [7, 11) is -4.44. The van der Waals surface area contributed by atoms with E-state index >= 15 is 0 Å². The van der Waals surface area contributed by atoms with Gasteiger partial charge in [-0.05, 0) is 36.5 Å². The minimum absolute atomic E-state index is 0.0926. The van der Waals surface area contributed by atoms with Crippen LogP contribution >= 0.6 is 11.6 Å². The normalized spacial score (nSPS) is 14.7. The number of pyridine rings is 1. The second-order valence-electron chi connectivity index (χ2n) is 8.20. The number of rotatable bonds is 5. The van der Waals surface area contributed by atoms with Gasteiger partial charge in [-0.3, -0.25) is 4.79 Å². The van der Waals surface area contributed by atoms with Crippen molar-refractivity contribution in [1.82, 2.24) is 9.88 Å². The van der Waals surface area contributed by atoms with Crippen LogP contribution in [0.4, 0.5) is 28.9 Å². The lowest BCUT2D eigenvalue weighted by atomic mass is 9.89. The van der Waals surface area contributed by atoms with Crippen molar-refractivity contribution < 1.29 is 30.8 Å². The number of benzene rings is 2. The van der Waals surface area contributed by atoms with Crippen LogP contribution in [0.1, 0.15) is 34.7 Å². The van der Waals surface area contributed by atoms with Crippen molar-refractivity contribution >= 4 is 38.9 Å². The first-order valence-corrected chi connectivity index (χ1v) is 12.6. The minimum Gasteiger partial charge on any atom is -0.351 e. The minimum atomic E-state index is -4.44. The highest BCUT2D eigenvalue weighted by atomic mass is 35.5. The number of halogens is 5. The first-order chi connectivity index (χ1) is 17.0. The summed E-state index contributed by atoms with van der Waals surface area (Å²) >= 11 is 6.20. The number of nitrogens with zero attached hydrogens (tertiary/aromatic N) is 2. The zero-order chi connectivity index (χ0) is 26.2. The molecular weight excluding hydrogens is 524 g/mol. The van der Waals surface area contributed by atoms with Gasteiger partial charge in [0.15, 0.2) is 16.7 Å². The van der Waals surface area contributed by atoms with E-state index in [-0.39, 0.29) is 29.1 Å². The fraction of sp³-hybridized carbons (Fsp3) is 0.217. The largest absolute Gasteiger partial charge is 0.351 e. The molecule has 3 N–H and O–H groups in total. The average molecular weight is 543 g/mol. The molecule has 2 heterocycles. The molecule has 7 nitrogen and oxygen atoms in total. The Hall–Kier alpha value is -3.22. The number of hydrogen-bond acceptors (Lipinski definition) is 5. The van der Waals surface area contributed by atoms with Crippen LogP contribution in [0.15, 0.2) is 47.6 Å². The molecule has 36 heavy (non-hydrogen) atoms. The SMILES string of the molecule is NS(=O)(=O)c1ncc(C(=O)N2CCC(c3ccc(F)cc3)CC2)c(Nc2cc(F)c(F)cc2F)c1Cl. The molecule has 0 spiro atoms. The first kappa shape index (κ1) is 25.9. The maximum Gasteiger partial charge on any atom is 0.257 e.